The summed E-state index contributed by atoms with van der Waals surface area (Å²) < 4.78 is 1.66. The molecule has 0 fully saturated rings. The Morgan fingerprint density at radius 2 is 2.07 bits per heavy atom. The number of benzene rings is 1. The number of primary amides is 1. The largest absolute Gasteiger partial charge is 0.365 e. The first-order valence-corrected chi connectivity index (χ1v) is 8.41. The van der Waals surface area contributed by atoms with Crippen LogP contribution in [-0.4, -0.2) is 25.7 Å². The van der Waals surface area contributed by atoms with E-state index in [-0.39, 0.29) is 5.56 Å². The van der Waals surface area contributed by atoms with E-state index >= 15 is 0 Å². The lowest BCUT2D eigenvalue weighted by Gasteiger charge is -2.13. The Labute approximate surface area is 157 Å². The number of amides is 1. The first-order valence-electron chi connectivity index (χ1n) is 8.41. The molecule has 0 unspecified atom stereocenters. The fourth-order valence-corrected chi connectivity index (χ4v) is 2.64. The van der Waals surface area contributed by atoms with E-state index in [2.05, 4.69) is 32.3 Å². The highest BCUT2D eigenvalue weighted by atomic mass is 16.1. The van der Waals surface area contributed by atoms with Crippen LogP contribution in [0, 0.1) is 0 Å². The molecule has 2 heterocycles. The van der Waals surface area contributed by atoms with Crippen LogP contribution in [-0.2, 0) is 20.0 Å². The van der Waals surface area contributed by atoms with Crippen molar-refractivity contribution < 1.29 is 4.79 Å². The van der Waals surface area contributed by atoms with E-state index in [0.29, 0.717) is 18.3 Å². The topological polar surface area (TPSA) is 111 Å². The standard InChI is InChI=1S/C19H21N7O/c1-3-6-13-7-4-5-8-14(13)9-21-18-16(17(20)27)11-22-19(25-18)24-15-10-23-26(2)12-15/h3-5,7-8,10-12H,1,6,9H2,2H3,(H2,20,27)(H2,21,22,24,25). The number of allylic oxidation sites excluding steroid dienone is 1. The lowest BCUT2D eigenvalue weighted by Crippen LogP contribution is -2.17. The molecule has 4 N–H and O–H groups in total. The maximum Gasteiger partial charge on any atom is 0.254 e. The summed E-state index contributed by atoms with van der Waals surface area (Å²) in [4.78, 5) is 20.3. The van der Waals surface area contributed by atoms with Crippen LogP contribution in [0.3, 0.4) is 0 Å². The minimum absolute atomic E-state index is 0.230. The van der Waals surface area contributed by atoms with E-state index in [1.807, 2.05) is 37.4 Å². The molecule has 0 aliphatic heterocycles. The summed E-state index contributed by atoms with van der Waals surface area (Å²) in [5, 5.41) is 10.3. The molecule has 2 aromatic heterocycles. The summed E-state index contributed by atoms with van der Waals surface area (Å²) in [5.41, 5.74) is 8.68. The van der Waals surface area contributed by atoms with E-state index < -0.39 is 5.91 Å². The average molecular weight is 363 g/mol. The number of rotatable bonds is 8. The van der Waals surface area contributed by atoms with Gasteiger partial charge in [-0.25, -0.2) is 4.98 Å². The third-order valence-corrected chi connectivity index (χ3v) is 3.94. The molecular formula is C19H21N7O. The van der Waals surface area contributed by atoms with Crippen molar-refractivity contribution in [3.8, 4) is 0 Å². The number of aromatic nitrogens is 4. The van der Waals surface area contributed by atoms with Gasteiger partial charge >= 0.3 is 0 Å². The summed E-state index contributed by atoms with van der Waals surface area (Å²) in [7, 11) is 1.82. The summed E-state index contributed by atoms with van der Waals surface area (Å²) in [6.45, 7) is 4.28. The molecule has 3 rings (SSSR count). The first-order chi connectivity index (χ1) is 13.1. The lowest BCUT2D eigenvalue weighted by molar-refractivity contribution is 0.100. The van der Waals surface area contributed by atoms with E-state index in [0.717, 1.165) is 23.2 Å². The van der Waals surface area contributed by atoms with Gasteiger partial charge in [-0.15, -0.1) is 6.58 Å². The van der Waals surface area contributed by atoms with Gasteiger partial charge in [0.2, 0.25) is 5.95 Å². The number of hydrogen-bond acceptors (Lipinski definition) is 6. The van der Waals surface area contributed by atoms with Gasteiger partial charge in [-0.05, 0) is 17.5 Å². The van der Waals surface area contributed by atoms with Gasteiger partial charge in [0.05, 0.1) is 17.4 Å². The second-order valence-corrected chi connectivity index (χ2v) is 5.96. The highest BCUT2D eigenvalue weighted by Crippen LogP contribution is 2.19. The third kappa shape index (κ3) is 4.49. The molecule has 138 valence electrons. The third-order valence-electron chi connectivity index (χ3n) is 3.94. The van der Waals surface area contributed by atoms with Crippen molar-refractivity contribution in [3.05, 3.63) is 72.2 Å². The van der Waals surface area contributed by atoms with Crippen molar-refractivity contribution in [2.45, 2.75) is 13.0 Å². The molecule has 0 radical (unpaired) electrons. The Morgan fingerprint density at radius 1 is 1.30 bits per heavy atom. The van der Waals surface area contributed by atoms with Crippen LogP contribution in [0.1, 0.15) is 21.5 Å². The quantitative estimate of drug-likeness (QED) is 0.530. The molecule has 0 aliphatic carbocycles. The predicted molar refractivity (Wildman–Crippen MR) is 105 cm³/mol. The second-order valence-electron chi connectivity index (χ2n) is 5.96. The number of carbonyl (C=O) groups excluding carboxylic acids is 1. The van der Waals surface area contributed by atoms with Gasteiger partial charge in [-0.2, -0.15) is 10.1 Å². The van der Waals surface area contributed by atoms with Gasteiger partial charge in [-0.3, -0.25) is 9.48 Å². The molecule has 1 amide bonds. The van der Waals surface area contributed by atoms with Crippen LogP contribution in [0.5, 0.6) is 0 Å². The van der Waals surface area contributed by atoms with Crippen molar-refractivity contribution >= 4 is 23.4 Å². The Morgan fingerprint density at radius 3 is 2.74 bits per heavy atom. The Balaban J connectivity index is 1.83. The Bertz CT molecular complexity index is 964. The summed E-state index contributed by atoms with van der Waals surface area (Å²) in [6, 6.07) is 8.01. The molecule has 0 atom stereocenters. The Hall–Kier alpha value is -3.68. The van der Waals surface area contributed by atoms with Crippen LogP contribution in [0.25, 0.3) is 0 Å². The van der Waals surface area contributed by atoms with Crippen LogP contribution in [0.4, 0.5) is 17.5 Å². The minimum atomic E-state index is -0.593. The van der Waals surface area contributed by atoms with Gasteiger partial charge in [0, 0.05) is 26.0 Å². The average Bonchev–Trinajstić information content (AvgIpc) is 3.06. The van der Waals surface area contributed by atoms with E-state index in [4.69, 9.17) is 5.73 Å². The molecule has 0 saturated heterocycles. The van der Waals surface area contributed by atoms with E-state index in [1.54, 1.807) is 17.1 Å². The van der Waals surface area contributed by atoms with Gasteiger partial charge in [0.15, 0.2) is 0 Å². The minimum Gasteiger partial charge on any atom is -0.365 e. The van der Waals surface area contributed by atoms with Gasteiger partial charge in [0.1, 0.15) is 5.82 Å². The highest BCUT2D eigenvalue weighted by Gasteiger charge is 2.13. The number of nitrogens with two attached hydrogens (primary N) is 1. The molecular weight excluding hydrogens is 342 g/mol. The van der Waals surface area contributed by atoms with E-state index in [1.165, 1.54) is 6.20 Å². The molecule has 0 aliphatic rings. The molecule has 0 bridgehead atoms. The second kappa shape index (κ2) is 8.13. The van der Waals surface area contributed by atoms with Crippen LogP contribution in [0.15, 0.2) is 55.5 Å². The number of aryl methyl sites for hydroxylation is 1. The zero-order valence-corrected chi connectivity index (χ0v) is 15.0. The SMILES string of the molecule is C=CCc1ccccc1CNc1nc(Nc2cnn(C)c2)ncc1C(N)=O. The fourth-order valence-electron chi connectivity index (χ4n) is 2.64. The number of nitrogens with zero attached hydrogens (tertiary/aromatic N) is 4. The van der Waals surface area contributed by atoms with Crippen LogP contribution < -0.4 is 16.4 Å². The van der Waals surface area contributed by atoms with E-state index in [9.17, 15) is 4.79 Å². The highest BCUT2D eigenvalue weighted by molar-refractivity contribution is 5.97. The molecule has 27 heavy (non-hydrogen) atoms. The van der Waals surface area contributed by atoms with Crippen LogP contribution in [0.2, 0.25) is 0 Å². The summed E-state index contributed by atoms with van der Waals surface area (Å²) in [5.74, 6) is 0.122. The van der Waals surface area contributed by atoms with Crippen molar-refractivity contribution in [1.29, 1.82) is 0 Å². The maximum absolute atomic E-state index is 11.7. The Kier molecular flexibility index (Phi) is 5.46. The normalized spacial score (nSPS) is 10.4. The summed E-state index contributed by atoms with van der Waals surface area (Å²) in [6.07, 6.45) is 7.48. The predicted octanol–water partition coefficient (Wildman–Crippen LogP) is 2.39. The monoisotopic (exact) mass is 363 g/mol. The smallest absolute Gasteiger partial charge is 0.254 e. The van der Waals surface area contributed by atoms with Crippen molar-refractivity contribution in [2.75, 3.05) is 10.6 Å². The van der Waals surface area contributed by atoms with Crippen molar-refractivity contribution in [1.82, 2.24) is 19.7 Å². The zero-order valence-electron chi connectivity index (χ0n) is 15.0. The number of nitrogens with one attached hydrogen (secondary N) is 2. The number of carbonyl (C=O) groups is 1. The molecule has 0 spiro atoms. The molecule has 3 aromatic rings. The summed E-state index contributed by atoms with van der Waals surface area (Å²) >= 11 is 0. The van der Waals surface area contributed by atoms with Crippen molar-refractivity contribution in [2.24, 2.45) is 12.8 Å². The van der Waals surface area contributed by atoms with Crippen molar-refractivity contribution in [3.63, 3.8) is 0 Å². The lowest BCUT2D eigenvalue weighted by atomic mass is 10.0. The van der Waals surface area contributed by atoms with Crippen LogP contribution >= 0.6 is 0 Å². The molecule has 0 saturated carbocycles. The molecule has 8 heteroatoms. The molecule has 1 aromatic carbocycles. The first kappa shape index (κ1) is 18.1. The zero-order chi connectivity index (χ0) is 19.2. The molecule has 8 nitrogen and oxygen atoms in total. The van der Waals surface area contributed by atoms with Gasteiger partial charge in [-0.1, -0.05) is 30.3 Å². The van der Waals surface area contributed by atoms with Gasteiger partial charge in [0.25, 0.3) is 5.91 Å². The maximum atomic E-state index is 11.7. The fraction of sp³-hybridized carbons (Fsp3) is 0.158. The number of hydrogen-bond donors (Lipinski definition) is 3. The van der Waals surface area contributed by atoms with Gasteiger partial charge < -0.3 is 16.4 Å². The number of anilines is 3.